The minimum Gasteiger partial charge on any atom is -0.348 e. The van der Waals surface area contributed by atoms with E-state index in [2.05, 4.69) is 5.32 Å². The van der Waals surface area contributed by atoms with Gasteiger partial charge in [0.25, 0.3) is 0 Å². The number of carbonyl (C=O) groups excluding carboxylic acids is 1. The molecule has 0 fully saturated rings. The summed E-state index contributed by atoms with van der Waals surface area (Å²) in [4.78, 5) is 11.9. The van der Waals surface area contributed by atoms with Gasteiger partial charge in [0.2, 0.25) is 5.91 Å². The Morgan fingerprint density at radius 2 is 2.38 bits per heavy atom. The normalized spacial score (nSPS) is 16.5. The Hall–Kier alpha value is -0.870. The third-order valence-electron chi connectivity index (χ3n) is 2.68. The van der Waals surface area contributed by atoms with Crippen molar-refractivity contribution in [2.75, 3.05) is 0 Å². The zero-order chi connectivity index (χ0) is 12.2. The van der Waals surface area contributed by atoms with Crippen LogP contribution in [0.1, 0.15) is 45.2 Å². The van der Waals surface area contributed by atoms with Gasteiger partial charge in [0.05, 0.1) is 11.6 Å². The summed E-state index contributed by atoms with van der Waals surface area (Å²) >= 11 is 1.63. The smallest absolute Gasteiger partial charge is 0.240 e. The number of hydrogen-bond donors (Lipinski definition) is 2. The second kappa shape index (κ2) is 5.46. The fourth-order valence-electron chi connectivity index (χ4n) is 1.60. The van der Waals surface area contributed by atoms with Crippen LogP contribution in [-0.2, 0) is 4.79 Å². The maximum absolute atomic E-state index is 11.9. The molecule has 2 atom stereocenters. The summed E-state index contributed by atoms with van der Waals surface area (Å²) in [5.74, 6) is -0.0759. The molecule has 3 nitrogen and oxygen atoms in total. The average Bonchev–Trinajstić information content (AvgIpc) is 2.70. The van der Waals surface area contributed by atoms with Crippen LogP contribution in [0.25, 0.3) is 0 Å². The van der Waals surface area contributed by atoms with Crippen molar-refractivity contribution in [1.82, 2.24) is 5.32 Å². The van der Waals surface area contributed by atoms with E-state index in [0.29, 0.717) is 6.42 Å². The molecule has 4 heteroatoms. The van der Waals surface area contributed by atoms with Crippen LogP contribution in [0.5, 0.6) is 0 Å². The van der Waals surface area contributed by atoms with Crippen LogP contribution < -0.4 is 11.1 Å². The summed E-state index contributed by atoms with van der Waals surface area (Å²) in [5, 5.41) is 7.00. The number of thiophene rings is 1. The molecule has 1 amide bonds. The molecule has 0 radical (unpaired) electrons. The van der Waals surface area contributed by atoms with Gasteiger partial charge in [-0.1, -0.05) is 13.3 Å². The van der Waals surface area contributed by atoms with Gasteiger partial charge in [0.1, 0.15) is 0 Å². The van der Waals surface area contributed by atoms with E-state index in [1.54, 1.807) is 18.3 Å². The van der Waals surface area contributed by atoms with Crippen molar-refractivity contribution >= 4 is 17.2 Å². The van der Waals surface area contributed by atoms with Crippen LogP contribution in [0.4, 0.5) is 0 Å². The van der Waals surface area contributed by atoms with Gasteiger partial charge in [-0.15, -0.1) is 0 Å². The zero-order valence-corrected chi connectivity index (χ0v) is 10.9. The minimum atomic E-state index is -0.765. The molecule has 0 saturated carbocycles. The second-order valence-electron chi connectivity index (χ2n) is 4.42. The molecule has 0 aliphatic heterocycles. The molecule has 16 heavy (non-hydrogen) atoms. The van der Waals surface area contributed by atoms with Gasteiger partial charge in [-0.2, -0.15) is 11.3 Å². The van der Waals surface area contributed by atoms with E-state index in [-0.39, 0.29) is 11.9 Å². The van der Waals surface area contributed by atoms with E-state index < -0.39 is 5.54 Å². The lowest BCUT2D eigenvalue weighted by molar-refractivity contribution is -0.126. The molecule has 0 spiro atoms. The second-order valence-corrected chi connectivity index (χ2v) is 5.20. The highest BCUT2D eigenvalue weighted by Gasteiger charge is 2.28. The fourth-order valence-corrected chi connectivity index (χ4v) is 2.35. The van der Waals surface area contributed by atoms with Gasteiger partial charge in [0, 0.05) is 0 Å². The van der Waals surface area contributed by atoms with Crippen molar-refractivity contribution in [2.24, 2.45) is 5.73 Å². The van der Waals surface area contributed by atoms with Crippen LogP contribution in [0.15, 0.2) is 16.8 Å². The molecule has 0 bridgehead atoms. The van der Waals surface area contributed by atoms with E-state index in [1.807, 2.05) is 30.7 Å². The summed E-state index contributed by atoms with van der Waals surface area (Å²) in [6.07, 6.45) is 1.61. The Bertz CT molecular complexity index is 333. The molecule has 1 rings (SSSR count). The average molecular weight is 240 g/mol. The van der Waals surface area contributed by atoms with E-state index in [0.717, 1.165) is 12.0 Å². The van der Waals surface area contributed by atoms with Gasteiger partial charge in [0.15, 0.2) is 0 Å². The van der Waals surface area contributed by atoms with E-state index >= 15 is 0 Å². The van der Waals surface area contributed by atoms with Gasteiger partial charge in [-0.25, -0.2) is 0 Å². The monoisotopic (exact) mass is 240 g/mol. The number of nitrogens with two attached hydrogens (primary N) is 1. The van der Waals surface area contributed by atoms with Gasteiger partial charge >= 0.3 is 0 Å². The van der Waals surface area contributed by atoms with Crippen LogP contribution in [0.2, 0.25) is 0 Å². The Kier molecular flexibility index (Phi) is 4.50. The number of carbonyl (C=O) groups is 1. The molecule has 90 valence electrons. The zero-order valence-electron chi connectivity index (χ0n) is 10.1. The quantitative estimate of drug-likeness (QED) is 0.830. The number of rotatable bonds is 5. The number of amides is 1. The molecule has 1 heterocycles. The first-order valence-electron chi connectivity index (χ1n) is 5.59. The van der Waals surface area contributed by atoms with Gasteiger partial charge < -0.3 is 11.1 Å². The van der Waals surface area contributed by atoms with Crippen LogP contribution in [0.3, 0.4) is 0 Å². The summed E-state index contributed by atoms with van der Waals surface area (Å²) in [6, 6.07) is 2.04. The van der Waals surface area contributed by atoms with Crippen molar-refractivity contribution in [3.05, 3.63) is 22.4 Å². The van der Waals surface area contributed by atoms with Crippen molar-refractivity contribution in [3.8, 4) is 0 Å². The third kappa shape index (κ3) is 3.32. The van der Waals surface area contributed by atoms with E-state index in [4.69, 9.17) is 5.73 Å². The first-order chi connectivity index (χ1) is 7.47. The van der Waals surface area contributed by atoms with Crippen molar-refractivity contribution < 1.29 is 4.79 Å². The number of hydrogen-bond acceptors (Lipinski definition) is 3. The highest BCUT2D eigenvalue weighted by molar-refractivity contribution is 7.07. The van der Waals surface area contributed by atoms with Crippen LogP contribution in [0, 0.1) is 0 Å². The maximum Gasteiger partial charge on any atom is 0.240 e. The van der Waals surface area contributed by atoms with Crippen LogP contribution >= 0.6 is 11.3 Å². The fraction of sp³-hybridized carbons (Fsp3) is 0.583. The first-order valence-corrected chi connectivity index (χ1v) is 6.53. The molecule has 2 unspecified atom stereocenters. The topological polar surface area (TPSA) is 55.1 Å². The summed E-state index contributed by atoms with van der Waals surface area (Å²) in [6.45, 7) is 5.79. The highest BCUT2D eigenvalue weighted by Crippen LogP contribution is 2.17. The van der Waals surface area contributed by atoms with Crippen molar-refractivity contribution in [1.29, 1.82) is 0 Å². The molecule has 0 aromatic carbocycles. The molecule has 1 aromatic heterocycles. The maximum atomic E-state index is 11.9. The van der Waals surface area contributed by atoms with Crippen LogP contribution in [-0.4, -0.2) is 11.4 Å². The molecule has 3 N–H and O–H groups in total. The standard InChI is InChI=1S/C12H20N2OS/c1-4-6-12(3,13)11(15)14-9(2)10-5-7-16-8-10/h5,7-9H,4,6,13H2,1-3H3,(H,14,15). The summed E-state index contributed by atoms with van der Waals surface area (Å²) in [5.41, 5.74) is 6.33. The molecular formula is C12H20N2OS. The summed E-state index contributed by atoms with van der Waals surface area (Å²) in [7, 11) is 0. The Balaban J connectivity index is 2.57. The Morgan fingerprint density at radius 1 is 1.69 bits per heavy atom. The molecular weight excluding hydrogens is 220 g/mol. The predicted octanol–water partition coefficient (Wildman–Crippen LogP) is 2.44. The molecule has 0 saturated heterocycles. The lowest BCUT2D eigenvalue weighted by atomic mass is 9.96. The van der Waals surface area contributed by atoms with Gasteiger partial charge in [-0.05, 0) is 42.7 Å². The third-order valence-corrected chi connectivity index (χ3v) is 3.38. The predicted molar refractivity (Wildman–Crippen MR) is 68.4 cm³/mol. The first kappa shape index (κ1) is 13.2. The van der Waals surface area contributed by atoms with E-state index in [1.165, 1.54) is 0 Å². The van der Waals surface area contributed by atoms with Crippen molar-refractivity contribution in [3.63, 3.8) is 0 Å². The Labute approximate surface area is 101 Å². The largest absolute Gasteiger partial charge is 0.348 e. The molecule has 0 aliphatic rings. The molecule has 0 aliphatic carbocycles. The minimum absolute atomic E-state index is 0.0264. The van der Waals surface area contributed by atoms with E-state index in [9.17, 15) is 4.79 Å². The molecule has 1 aromatic rings. The SMILES string of the molecule is CCCC(C)(N)C(=O)NC(C)c1ccsc1. The Morgan fingerprint density at radius 3 is 2.88 bits per heavy atom. The lowest BCUT2D eigenvalue weighted by Gasteiger charge is -2.25. The lowest BCUT2D eigenvalue weighted by Crippen LogP contribution is -2.51. The van der Waals surface area contributed by atoms with Gasteiger partial charge in [-0.3, -0.25) is 4.79 Å². The highest BCUT2D eigenvalue weighted by atomic mass is 32.1. The van der Waals surface area contributed by atoms with Crippen molar-refractivity contribution in [2.45, 2.75) is 45.2 Å². The summed E-state index contributed by atoms with van der Waals surface area (Å²) < 4.78 is 0. The number of nitrogens with one attached hydrogen (secondary N) is 1.